The van der Waals surface area contributed by atoms with E-state index in [0.29, 0.717) is 24.2 Å². The normalized spacial score (nSPS) is 17.2. The van der Waals surface area contributed by atoms with Crippen molar-refractivity contribution in [1.29, 1.82) is 0 Å². The Hall–Kier alpha value is -2.77. The molecule has 0 aliphatic carbocycles. The molecule has 1 amide bonds. The summed E-state index contributed by atoms with van der Waals surface area (Å²) in [5, 5.41) is 15.6. The largest absolute Gasteiger partial charge is 0.340 e. The number of carbonyl (C=O) groups excluding carboxylic acids is 1. The van der Waals surface area contributed by atoms with Gasteiger partial charge in [0.15, 0.2) is 5.69 Å². The molecule has 0 bridgehead atoms. The zero-order valence-electron chi connectivity index (χ0n) is 13.5. The van der Waals surface area contributed by atoms with Crippen LogP contribution in [0, 0.1) is 10.1 Å². The van der Waals surface area contributed by atoms with E-state index in [1.54, 1.807) is 24.5 Å². The SMILES string of the molecule is C[C@@H]1CCCN1C(=O)CCn1cc([N+](=O)[O-])c(-c2ccncc2)n1. The Bertz CT molecular complexity index is 743. The summed E-state index contributed by atoms with van der Waals surface area (Å²) >= 11 is 0. The minimum Gasteiger partial charge on any atom is -0.340 e. The lowest BCUT2D eigenvalue weighted by molar-refractivity contribution is -0.384. The molecule has 0 radical (unpaired) electrons. The fourth-order valence-corrected chi connectivity index (χ4v) is 3.03. The lowest BCUT2D eigenvalue weighted by Gasteiger charge is -2.21. The van der Waals surface area contributed by atoms with Gasteiger partial charge in [-0.2, -0.15) is 5.10 Å². The Morgan fingerprint density at radius 2 is 2.17 bits per heavy atom. The van der Waals surface area contributed by atoms with Crippen LogP contribution in [0.1, 0.15) is 26.2 Å². The van der Waals surface area contributed by atoms with E-state index in [9.17, 15) is 14.9 Å². The van der Waals surface area contributed by atoms with Crippen molar-refractivity contribution in [3.8, 4) is 11.3 Å². The molecular weight excluding hydrogens is 310 g/mol. The first kappa shape index (κ1) is 16.1. The van der Waals surface area contributed by atoms with Crippen molar-refractivity contribution in [2.45, 2.75) is 38.8 Å². The molecule has 2 aromatic rings. The molecule has 3 heterocycles. The highest BCUT2D eigenvalue weighted by Gasteiger charge is 2.25. The summed E-state index contributed by atoms with van der Waals surface area (Å²) in [7, 11) is 0. The Kier molecular flexibility index (Phi) is 4.54. The second kappa shape index (κ2) is 6.77. The highest BCUT2D eigenvalue weighted by atomic mass is 16.6. The molecule has 126 valence electrons. The first-order valence-electron chi connectivity index (χ1n) is 7.98. The van der Waals surface area contributed by atoms with Crippen LogP contribution in [-0.2, 0) is 11.3 Å². The number of likely N-dealkylation sites (tertiary alicyclic amines) is 1. The maximum atomic E-state index is 12.3. The lowest BCUT2D eigenvalue weighted by Crippen LogP contribution is -2.34. The molecule has 2 aromatic heterocycles. The molecule has 1 aliphatic heterocycles. The van der Waals surface area contributed by atoms with Gasteiger partial charge in [0.05, 0.1) is 4.92 Å². The summed E-state index contributed by atoms with van der Waals surface area (Å²) in [5.74, 6) is 0.0728. The van der Waals surface area contributed by atoms with Gasteiger partial charge in [-0.25, -0.2) is 0 Å². The standard InChI is InChI=1S/C16H19N5O3/c1-12-3-2-9-20(12)15(22)6-10-19-11-14(21(23)24)16(18-19)13-4-7-17-8-5-13/h4-5,7-8,11-12H,2-3,6,9-10H2,1H3/t12-/m1/s1. The zero-order valence-corrected chi connectivity index (χ0v) is 13.5. The van der Waals surface area contributed by atoms with E-state index in [1.807, 2.05) is 11.8 Å². The van der Waals surface area contributed by atoms with Gasteiger partial charge in [0.2, 0.25) is 5.91 Å². The number of pyridine rings is 1. The topological polar surface area (TPSA) is 94.2 Å². The molecular formula is C16H19N5O3. The average Bonchev–Trinajstić information content (AvgIpc) is 3.20. The van der Waals surface area contributed by atoms with Crippen molar-refractivity contribution in [2.75, 3.05) is 6.54 Å². The lowest BCUT2D eigenvalue weighted by atomic mass is 10.2. The smallest absolute Gasteiger partial charge is 0.314 e. The molecule has 8 nitrogen and oxygen atoms in total. The molecule has 0 spiro atoms. The van der Waals surface area contributed by atoms with Gasteiger partial charge >= 0.3 is 5.69 Å². The summed E-state index contributed by atoms with van der Waals surface area (Å²) in [6.07, 6.45) is 6.87. The maximum Gasteiger partial charge on any atom is 0.314 e. The second-order valence-electron chi connectivity index (χ2n) is 5.95. The van der Waals surface area contributed by atoms with Crippen molar-refractivity contribution in [3.63, 3.8) is 0 Å². The molecule has 0 saturated carbocycles. The third-order valence-corrected chi connectivity index (χ3v) is 4.32. The van der Waals surface area contributed by atoms with E-state index in [2.05, 4.69) is 10.1 Å². The molecule has 3 rings (SSSR count). The Morgan fingerprint density at radius 1 is 1.42 bits per heavy atom. The van der Waals surface area contributed by atoms with E-state index in [1.165, 1.54) is 10.9 Å². The Labute approximate surface area is 139 Å². The van der Waals surface area contributed by atoms with Crippen molar-refractivity contribution in [3.05, 3.63) is 40.8 Å². The van der Waals surface area contributed by atoms with Crippen LogP contribution in [0.5, 0.6) is 0 Å². The zero-order chi connectivity index (χ0) is 17.1. The van der Waals surface area contributed by atoms with Gasteiger partial charge in [0, 0.05) is 43.5 Å². The predicted molar refractivity (Wildman–Crippen MR) is 87.1 cm³/mol. The van der Waals surface area contributed by atoms with Crippen LogP contribution in [0.3, 0.4) is 0 Å². The molecule has 1 atom stereocenters. The van der Waals surface area contributed by atoms with E-state index < -0.39 is 4.92 Å². The van der Waals surface area contributed by atoms with E-state index in [0.717, 1.165) is 19.4 Å². The molecule has 0 aromatic carbocycles. The van der Waals surface area contributed by atoms with Gasteiger partial charge in [-0.1, -0.05) is 0 Å². The number of aromatic nitrogens is 3. The van der Waals surface area contributed by atoms with Crippen molar-refractivity contribution in [1.82, 2.24) is 19.7 Å². The van der Waals surface area contributed by atoms with Crippen LogP contribution in [0.15, 0.2) is 30.7 Å². The number of hydrogen-bond acceptors (Lipinski definition) is 5. The molecule has 1 fully saturated rings. The maximum absolute atomic E-state index is 12.3. The number of aryl methyl sites for hydroxylation is 1. The van der Waals surface area contributed by atoms with E-state index in [4.69, 9.17) is 0 Å². The van der Waals surface area contributed by atoms with Gasteiger partial charge in [-0.3, -0.25) is 24.6 Å². The Balaban J connectivity index is 1.75. The summed E-state index contributed by atoms with van der Waals surface area (Å²) < 4.78 is 1.48. The first-order chi connectivity index (χ1) is 11.6. The number of hydrogen-bond donors (Lipinski definition) is 0. The average molecular weight is 329 g/mol. The quantitative estimate of drug-likeness (QED) is 0.619. The summed E-state index contributed by atoms with van der Waals surface area (Å²) in [4.78, 5) is 28.9. The van der Waals surface area contributed by atoms with Crippen molar-refractivity contribution >= 4 is 11.6 Å². The number of carbonyl (C=O) groups is 1. The summed E-state index contributed by atoms with van der Waals surface area (Å²) in [5.41, 5.74) is 0.863. The van der Waals surface area contributed by atoms with Gasteiger partial charge in [0.1, 0.15) is 6.20 Å². The first-order valence-corrected chi connectivity index (χ1v) is 7.98. The predicted octanol–water partition coefficient (Wildman–Crippen LogP) is 2.25. The molecule has 8 heteroatoms. The number of nitrogens with zero attached hydrogens (tertiary/aromatic N) is 5. The van der Waals surface area contributed by atoms with Crippen LogP contribution < -0.4 is 0 Å². The van der Waals surface area contributed by atoms with Crippen LogP contribution in [0.2, 0.25) is 0 Å². The fourth-order valence-electron chi connectivity index (χ4n) is 3.03. The van der Waals surface area contributed by atoms with Gasteiger partial charge in [-0.05, 0) is 31.9 Å². The van der Waals surface area contributed by atoms with Crippen LogP contribution >= 0.6 is 0 Å². The highest BCUT2D eigenvalue weighted by Crippen LogP contribution is 2.27. The van der Waals surface area contributed by atoms with Gasteiger partial charge < -0.3 is 4.90 Å². The molecule has 1 aliphatic rings. The minimum atomic E-state index is -0.455. The monoisotopic (exact) mass is 329 g/mol. The van der Waals surface area contributed by atoms with Crippen LogP contribution in [-0.4, -0.2) is 43.1 Å². The van der Waals surface area contributed by atoms with Crippen LogP contribution in [0.25, 0.3) is 11.3 Å². The van der Waals surface area contributed by atoms with Gasteiger partial charge in [0.25, 0.3) is 0 Å². The number of nitro groups is 1. The molecule has 0 unspecified atom stereocenters. The number of rotatable bonds is 5. The number of amides is 1. The highest BCUT2D eigenvalue weighted by molar-refractivity contribution is 5.76. The van der Waals surface area contributed by atoms with Crippen molar-refractivity contribution < 1.29 is 9.72 Å². The molecule has 24 heavy (non-hydrogen) atoms. The third kappa shape index (κ3) is 3.27. The van der Waals surface area contributed by atoms with Crippen LogP contribution in [0.4, 0.5) is 5.69 Å². The van der Waals surface area contributed by atoms with E-state index >= 15 is 0 Å². The Morgan fingerprint density at radius 3 is 2.79 bits per heavy atom. The summed E-state index contributed by atoms with van der Waals surface area (Å²) in [6.45, 7) is 3.17. The summed E-state index contributed by atoms with van der Waals surface area (Å²) in [6, 6.07) is 3.63. The minimum absolute atomic E-state index is 0.0665. The third-order valence-electron chi connectivity index (χ3n) is 4.32. The molecule has 0 N–H and O–H groups in total. The fraction of sp³-hybridized carbons (Fsp3) is 0.438. The second-order valence-corrected chi connectivity index (χ2v) is 5.95. The molecule has 1 saturated heterocycles. The van der Waals surface area contributed by atoms with Crippen molar-refractivity contribution in [2.24, 2.45) is 0 Å². The van der Waals surface area contributed by atoms with E-state index in [-0.39, 0.29) is 17.6 Å². The van der Waals surface area contributed by atoms with Gasteiger partial charge in [-0.15, -0.1) is 0 Å².